The summed E-state index contributed by atoms with van der Waals surface area (Å²) >= 11 is 0. The molecule has 0 spiro atoms. The van der Waals surface area contributed by atoms with Gasteiger partial charge in [-0.2, -0.15) is 5.10 Å². The fourth-order valence-electron chi connectivity index (χ4n) is 3.06. The Bertz CT molecular complexity index is 760. The van der Waals surface area contributed by atoms with Gasteiger partial charge in [-0.25, -0.2) is 4.99 Å². The maximum absolute atomic E-state index is 4.90. The molecule has 1 aliphatic rings. The second-order valence-corrected chi connectivity index (χ2v) is 6.11. The molecule has 1 aromatic carbocycles. The number of nitrogens with zero attached hydrogens (tertiary/aromatic N) is 2. The van der Waals surface area contributed by atoms with E-state index >= 15 is 0 Å². The second-order valence-electron chi connectivity index (χ2n) is 6.11. The van der Waals surface area contributed by atoms with Crippen LogP contribution in [0.15, 0.2) is 41.2 Å². The molecule has 1 aliphatic heterocycles. The Labute approximate surface area is 142 Å². The first-order valence-corrected chi connectivity index (χ1v) is 8.72. The van der Waals surface area contributed by atoms with Crippen LogP contribution in [0.5, 0.6) is 0 Å². The molecule has 0 radical (unpaired) electrons. The van der Waals surface area contributed by atoms with Crippen molar-refractivity contribution >= 4 is 22.5 Å². The van der Waals surface area contributed by atoms with Gasteiger partial charge in [0.2, 0.25) is 5.96 Å². The lowest BCUT2D eigenvalue weighted by atomic mass is 10.0. The van der Waals surface area contributed by atoms with Crippen molar-refractivity contribution in [2.75, 3.05) is 11.9 Å². The number of nitrogens with one attached hydrogen (secondary N) is 4. The maximum atomic E-state index is 4.90. The van der Waals surface area contributed by atoms with Crippen molar-refractivity contribution in [3.05, 3.63) is 36.2 Å². The Morgan fingerprint density at radius 3 is 2.83 bits per heavy atom. The topological polar surface area (TPSA) is 77.1 Å². The minimum atomic E-state index is -0.341. The number of aliphatic imine (C=N–C) groups is 1. The monoisotopic (exact) mass is 326 g/mol. The summed E-state index contributed by atoms with van der Waals surface area (Å²) in [6.45, 7) is 7.34. The van der Waals surface area contributed by atoms with Gasteiger partial charge in [0.25, 0.3) is 0 Å². The normalized spacial score (nSPS) is 20.5. The Kier molecular flexibility index (Phi) is 4.85. The first kappa shape index (κ1) is 16.5. The predicted molar refractivity (Wildman–Crippen MR) is 100.0 cm³/mol. The van der Waals surface area contributed by atoms with E-state index in [2.05, 4.69) is 59.1 Å². The zero-order valence-corrected chi connectivity index (χ0v) is 14.6. The van der Waals surface area contributed by atoms with Crippen molar-refractivity contribution in [1.29, 1.82) is 0 Å². The number of allylic oxidation sites excluding steroid dienone is 1. The highest BCUT2D eigenvalue weighted by molar-refractivity contribution is 5.97. The summed E-state index contributed by atoms with van der Waals surface area (Å²) in [4.78, 5) is 4.90. The SMILES string of the molecule is CCCC1=CC(CC)(NCC)N=C(Nc2ccc3[nH]ncc3c2)N1. The van der Waals surface area contributed by atoms with Crippen molar-refractivity contribution in [2.24, 2.45) is 4.99 Å². The first-order valence-electron chi connectivity index (χ1n) is 8.72. The number of hydrogen-bond donors (Lipinski definition) is 4. The molecule has 1 aromatic heterocycles. The highest BCUT2D eigenvalue weighted by Gasteiger charge is 2.28. The van der Waals surface area contributed by atoms with Crippen LogP contribution in [0.2, 0.25) is 0 Å². The van der Waals surface area contributed by atoms with Crippen LogP contribution < -0.4 is 16.0 Å². The quantitative estimate of drug-likeness (QED) is 0.657. The van der Waals surface area contributed by atoms with E-state index in [4.69, 9.17) is 4.99 Å². The number of guanidine groups is 1. The average molecular weight is 326 g/mol. The molecule has 128 valence electrons. The number of benzene rings is 1. The third-order valence-corrected chi connectivity index (χ3v) is 4.25. The number of H-pyrrole nitrogens is 1. The number of rotatable bonds is 6. The van der Waals surface area contributed by atoms with Gasteiger partial charge in [0.15, 0.2) is 0 Å². The van der Waals surface area contributed by atoms with Gasteiger partial charge in [-0.05, 0) is 43.7 Å². The molecule has 0 aliphatic carbocycles. The Hall–Kier alpha value is -2.34. The standard InChI is InChI=1S/C18H26N6/c1-4-7-15-11-18(5-2,19-6-3)23-17(22-15)21-14-8-9-16-13(10-14)12-20-24-16/h8-12,19H,4-7H2,1-3H3,(H,20,24)(H2,21,22,23). The smallest absolute Gasteiger partial charge is 0.202 e. The van der Waals surface area contributed by atoms with Crippen molar-refractivity contribution in [3.8, 4) is 0 Å². The summed E-state index contributed by atoms with van der Waals surface area (Å²) in [5.41, 5.74) is 2.89. The van der Waals surface area contributed by atoms with Crippen LogP contribution in [0.3, 0.4) is 0 Å². The van der Waals surface area contributed by atoms with Crippen LogP contribution in [0, 0.1) is 0 Å². The molecule has 0 saturated carbocycles. The van der Waals surface area contributed by atoms with Crippen LogP contribution in [0.25, 0.3) is 10.9 Å². The highest BCUT2D eigenvalue weighted by Crippen LogP contribution is 2.23. The van der Waals surface area contributed by atoms with Gasteiger partial charge in [0.05, 0.1) is 11.7 Å². The molecule has 1 atom stereocenters. The van der Waals surface area contributed by atoms with E-state index in [1.54, 1.807) is 0 Å². The van der Waals surface area contributed by atoms with E-state index < -0.39 is 0 Å². The molecule has 1 unspecified atom stereocenters. The van der Waals surface area contributed by atoms with Crippen LogP contribution in [-0.4, -0.2) is 28.4 Å². The third kappa shape index (κ3) is 3.43. The van der Waals surface area contributed by atoms with E-state index in [1.807, 2.05) is 18.3 Å². The predicted octanol–water partition coefficient (Wildman–Crippen LogP) is 3.33. The molecular formula is C18H26N6. The lowest BCUT2D eigenvalue weighted by molar-refractivity contribution is 0.405. The molecular weight excluding hydrogens is 300 g/mol. The Morgan fingerprint density at radius 2 is 2.08 bits per heavy atom. The third-order valence-electron chi connectivity index (χ3n) is 4.25. The van der Waals surface area contributed by atoms with Gasteiger partial charge < -0.3 is 10.6 Å². The number of likely N-dealkylation sites (N-methyl/N-ethyl adjacent to an activating group) is 1. The van der Waals surface area contributed by atoms with Crippen LogP contribution in [-0.2, 0) is 0 Å². The van der Waals surface area contributed by atoms with Gasteiger partial charge in [-0.15, -0.1) is 0 Å². The Balaban J connectivity index is 1.87. The molecule has 2 heterocycles. The molecule has 0 bridgehead atoms. The number of aromatic nitrogens is 2. The minimum Gasteiger partial charge on any atom is -0.330 e. The van der Waals surface area contributed by atoms with Gasteiger partial charge in [-0.3, -0.25) is 10.4 Å². The molecule has 0 fully saturated rings. The van der Waals surface area contributed by atoms with Crippen molar-refractivity contribution in [1.82, 2.24) is 20.8 Å². The molecule has 6 heteroatoms. The van der Waals surface area contributed by atoms with E-state index in [-0.39, 0.29) is 5.66 Å². The van der Waals surface area contributed by atoms with E-state index in [9.17, 15) is 0 Å². The van der Waals surface area contributed by atoms with Crippen LogP contribution in [0.4, 0.5) is 5.69 Å². The molecule has 24 heavy (non-hydrogen) atoms. The van der Waals surface area contributed by atoms with Gasteiger partial charge in [-0.1, -0.05) is 27.2 Å². The van der Waals surface area contributed by atoms with E-state index in [0.29, 0.717) is 0 Å². The largest absolute Gasteiger partial charge is 0.330 e. The summed E-state index contributed by atoms with van der Waals surface area (Å²) in [6, 6.07) is 6.12. The summed E-state index contributed by atoms with van der Waals surface area (Å²) < 4.78 is 0. The molecule has 2 aromatic rings. The zero-order valence-electron chi connectivity index (χ0n) is 14.6. The van der Waals surface area contributed by atoms with Crippen molar-refractivity contribution < 1.29 is 0 Å². The number of fused-ring (bicyclic) bond motifs is 1. The summed E-state index contributed by atoms with van der Waals surface area (Å²) in [5.74, 6) is 0.784. The van der Waals surface area contributed by atoms with Crippen LogP contribution in [0.1, 0.15) is 40.0 Å². The number of aromatic amines is 1. The summed E-state index contributed by atoms with van der Waals surface area (Å²) in [6.07, 6.45) is 7.06. The maximum Gasteiger partial charge on any atom is 0.202 e. The molecule has 6 nitrogen and oxygen atoms in total. The molecule has 0 saturated heterocycles. The first-order chi connectivity index (χ1) is 11.7. The molecule has 4 N–H and O–H groups in total. The van der Waals surface area contributed by atoms with E-state index in [0.717, 1.165) is 48.4 Å². The van der Waals surface area contributed by atoms with Gasteiger partial charge in [0.1, 0.15) is 5.66 Å². The van der Waals surface area contributed by atoms with E-state index in [1.165, 1.54) is 5.70 Å². The molecule has 3 rings (SSSR count). The Morgan fingerprint density at radius 1 is 1.21 bits per heavy atom. The summed E-state index contributed by atoms with van der Waals surface area (Å²) in [7, 11) is 0. The highest BCUT2D eigenvalue weighted by atomic mass is 15.3. The number of hydrogen-bond acceptors (Lipinski definition) is 5. The second kappa shape index (κ2) is 7.05. The van der Waals surface area contributed by atoms with Crippen molar-refractivity contribution in [3.63, 3.8) is 0 Å². The fraction of sp³-hybridized carbons (Fsp3) is 0.444. The van der Waals surface area contributed by atoms with Crippen LogP contribution >= 0.6 is 0 Å². The van der Waals surface area contributed by atoms with Gasteiger partial charge in [0, 0.05) is 16.8 Å². The average Bonchev–Trinajstić information content (AvgIpc) is 3.03. The zero-order chi connectivity index (χ0) is 17.0. The van der Waals surface area contributed by atoms with Gasteiger partial charge >= 0.3 is 0 Å². The lowest BCUT2D eigenvalue weighted by Crippen LogP contribution is -2.48. The molecule has 0 amide bonds. The van der Waals surface area contributed by atoms with Crippen molar-refractivity contribution in [2.45, 2.75) is 45.7 Å². The number of anilines is 1. The summed E-state index contributed by atoms with van der Waals surface area (Å²) in [5, 5.41) is 18.5. The lowest BCUT2D eigenvalue weighted by Gasteiger charge is -2.33. The minimum absolute atomic E-state index is 0.341. The fourth-order valence-corrected chi connectivity index (χ4v) is 3.06.